The van der Waals surface area contributed by atoms with E-state index >= 15 is 0 Å². The van der Waals surface area contributed by atoms with Gasteiger partial charge in [-0.1, -0.05) is 0 Å². The van der Waals surface area contributed by atoms with Crippen LogP contribution in [0.2, 0.25) is 0 Å². The van der Waals surface area contributed by atoms with Gasteiger partial charge in [0, 0.05) is 25.3 Å². The number of hydrogen-bond donors (Lipinski definition) is 2. The van der Waals surface area contributed by atoms with E-state index in [4.69, 9.17) is 10.5 Å². The van der Waals surface area contributed by atoms with E-state index in [0.29, 0.717) is 34.9 Å². The van der Waals surface area contributed by atoms with Crippen molar-refractivity contribution < 1.29 is 14.3 Å². The van der Waals surface area contributed by atoms with E-state index < -0.39 is 5.60 Å². The maximum Gasteiger partial charge on any atom is 0.410 e. The lowest BCUT2D eigenvalue weighted by Crippen LogP contribution is -2.51. The zero-order valence-electron chi connectivity index (χ0n) is 16.2. The number of amides is 2. The quantitative estimate of drug-likeness (QED) is 0.736. The second-order valence-corrected chi connectivity index (χ2v) is 8.71. The Balaban J connectivity index is 1.59. The van der Waals surface area contributed by atoms with Crippen molar-refractivity contribution in [2.45, 2.75) is 51.7 Å². The molecule has 1 fully saturated rings. The molecule has 152 valence electrons. The molecule has 0 spiro atoms. The summed E-state index contributed by atoms with van der Waals surface area (Å²) in [6.45, 7) is 6.58. The minimum absolute atomic E-state index is 0.107. The molecule has 1 aliphatic rings. The molecule has 1 atom stereocenters. The van der Waals surface area contributed by atoms with E-state index in [1.807, 2.05) is 20.8 Å². The minimum Gasteiger partial charge on any atom is -0.444 e. The molecular weight excluding hydrogens is 428 g/mol. The lowest BCUT2D eigenvalue weighted by atomic mass is 10.1. The summed E-state index contributed by atoms with van der Waals surface area (Å²) in [7, 11) is 0. The molecule has 28 heavy (non-hydrogen) atoms. The monoisotopic (exact) mass is 452 g/mol. The Labute approximate surface area is 171 Å². The van der Waals surface area contributed by atoms with Crippen LogP contribution in [0.5, 0.6) is 0 Å². The second-order valence-electron chi connectivity index (χ2n) is 7.90. The number of nitrogens with two attached hydrogens (primary N) is 1. The van der Waals surface area contributed by atoms with Crippen LogP contribution in [0.15, 0.2) is 17.0 Å². The molecule has 0 saturated carbocycles. The van der Waals surface area contributed by atoms with Gasteiger partial charge in [-0.15, -0.1) is 0 Å². The minimum atomic E-state index is -0.540. The zero-order valence-corrected chi connectivity index (χ0v) is 17.8. The average Bonchev–Trinajstić information content (AvgIpc) is 3.02. The number of carbonyl (C=O) groups excluding carboxylic acids is 2. The van der Waals surface area contributed by atoms with Crippen molar-refractivity contribution in [3.05, 3.63) is 22.7 Å². The molecule has 0 aromatic carbocycles. The molecule has 3 heterocycles. The van der Waals surface area contributed by atoms with Crippen molar-refractivity contribution in [3.8, 4) is 0 Å². The van der Waals surface area contributed by atoms with Crippen LogP contribution in [0, 0.1) is 0 Å². The van der Waals surface area contributed by atoms with Crippen molar-refractivity contribution in [3.63, 3.8) is 0 Å². The van der Waals surface area contributed by atoms with Crippen LogP contribution in [0.4, 0.5) is 10.6 Å². The van der Waals surface area contributed by atoms with Gasteiger partial charge in [-0.25, -0.2) is 14.8 Å². The van der Waals surface area contributed by atoms with Crippen molar-refractivity contribution in [2.24, 2.45) is 0 Å². The van der Waals surface area contributed by atoms with E-state index in [9.17, 15) is 9.59 Å². The summed E-state index contributed by atoms with van der Waals surface area (Å²) < 4.78 is 7.87. The van der Waals surface area contributed by atoms with Crippen LogP contribution >= 0.6 is 15.9 Å². The molecule has 0 unspecified atom stereocenters. The third-order valence-corrected chi connectivity index (χ3v) is 4.89. The first-order valence-corrected chi connectivity index (χ1v) is 9.97. The molecule has 3 N–H and O–H groups in total. The number of likely N-dealkylation sites (tertiary alicyclic amines) is 1. The van der Waals surface area contributed by atoms with Crippen molar-refractivity contribution in [2.75, 3.05) is 18.8 Å². The number of aromatic nitrogens is 3. The Kier molecular flexibility index (Phi) is 5.78. The van der Waals surface area contributed by atoms with E-state index in [-0.39, 0.29) is 24.5 Å². The first-order valence-electron chi connectivity index (χ1n) is 9.17. The summed E-state index contributed by atoms with van der Waals surface area (Å²) >= 11 is 3.39. The van der Waals surface area contributed by atoms with E-state index in [0.717, 1.165) is 12.8 Å². The van der Waals surface area contributed by atoms with Gasteiger partial charge in [-0.2, -0.15) is 0 Å². The van der Waals surface area contributed by atoms with E-state index in [2.05, 4.69) is 31.2 Å². The smallest absolute Gasteiger partial charge is 0.410 e. The predicted molar refractivity (Wildman–Crippen MR) is 108 cm³/mol. The van der Waals surface area contributed by atoms with E-state index in [1.54, 1.807) is 21.7 Å². The first-order chi connectivity index (χ1) is 13.1. The zero-order chi connectivity index (χ0) is 20.5. The molecule has 2 aromatic rings. The Morgan fingerprint density at radius 2 is 2.18 bits per heavy atom. The number of piperidine rings is 1. The molecule has 0 radical (unpaired) electrons. The van der Waals surface area contributed by atoms with Gasteiger partial charge in [-0.3, -0.25) is 9.20 Å². The number of rotatable bonds is 3. The molecular formula is C18H25BrN6O3. The third-order valence-electron chi connectivity index (χ3n) is 4.31. The van der Waals surface area contributed by atoms with Crippen LogP contribution in [0.25, 0.3) is 5.65 Å². The summed E-state index contributed by atoms with van der Waals surface area (Å²) in [5.41, 5.74) is 6.40. The largest absolute Gasteiger partial charge is 0.444 e. The summed E-state index contributed by atoms with van der Waals surface area (Å²) in [5.74, 6) is 0.150. The van der Waals surface area contributed by atoms with Gasteiger partial charge in [0.2, 0.25) is 5.91 Å². The van der Waals surface area contributed by atoms with Crippen molar-refractivity contribution in [1.29, 1.82) is 0 Å². The van der Waals surface area contributed by atoms with E-state index in [1.165, 1.54) is 0 Å². The fraction of sp³-hybridized carbons (Fsp3) is 0.556. The molecule has 2 aromatic heterocycles. The standard InChI is InChI=1S/C18H25BrN6O3/c1-18(2,3)28-17(27)24-6-4-5-11(9-24)22-14(26)7-12-10-25-13(19)8-21-15(20)16(25)23-12/h8,10-11H,4-7,9H2,1-3H3,(H2,20,21)(H,22,26)/t11-/m0/s1. The third kappa shape index (κ3) is 4.92. The summed E-state index contributed by atoms with van der Waals surface area (Å²) in [5, 5.41) is 2.99. The van der Waals surface area contributed by atoms with Crippen molar-refractivity contribution >= 4 is 39.4 Å². The van der Waals surface area contributed by atoms with Gasteiger partial charge < -0.3 is 20.7 Å². The number of fused-ring (bicyclic) bond motifs is 1. The van der Waals surface area contributed by atoms with Crippen LogP contribution in [-0.4, -0.2) is 56.0 Å². The number of ether oxygens (including phenoxy) is 1. The molecule has 1 aliphatic heterocycles. The lowest BCUT2D eigenvalue weighted by Gasteiger charge is -2.34. The molecule has 0 aliphatic carbocycles. The fourth-order valence-corrected chi connectivity index (χ4v) is 3.50. The highest BCUT2D eigenvalue weighted by molar-refractivity contribution is 9.10. The Hall–Kier alpha value is -2.36. The summed E-state index contributed by atoms with van der Waals surface area (Å²) in [6.07, 6.45) is 4.74. The fourth-order valence-electron chi connectivity index (χ4n) is 3.13. The maximum absolute atomic E-state index is 12.5. The van der Waals surface area contributed by atoms with Crippen LogP contribution in [0.3, 0.4) is 0 Å². The van der Waals surface area contributed by atoms with Gasteiger partial charge in [-0.05, 0) is 49.5 Å². The Bertz CT molecular complexity index is 852. The van der Waals surface area contributed by atoms with Crippen molar-refractivity contribution in [1.82, 2.24) is 24.6 Å². The number of anilines is 1. The lowest BCUT2D eigenvalue weighted by molar-refractivity contribution is -0.121. The number of imidazole rings is 1. The molecule has 10 heteroatoms. The SMILES string of the molecule is CC(C)(C)OC(=O)N1CCC[C@H](NC(=O)Cc2cn3c(Br)cnc(N)c3n2)C1. The number of halogens is 1. The molecule has 0 bridgehead atoms. The second kappa shape index (κ2) is 7.94. The maximum atomic E-state index is 12.5. The van der Waals surface area contributed by atoms with Crippen LogP contribution < -0.4 is 11.1 Å². The summed E-state index contributed by atoms with van der Waals surface area (Å²) in [6, 6.07) is -0.107. The Morgan fingerprint density at radius 3 is 2.86 bits per heavy atom. The number of nitrogens with zero attached hydrogens (tertiary/aromatic N) is 4. The topological polar surface area (TPSA) is 115 Å². The normalized spacial score (nSPS) is 17.6. The van der Waals surface area contributed by atoms with Gasteiger partial charge in [0.1, 0.15) is 10.2 Å². The molecule has 3 rings (SSSR count). The van der Waals surface area contributed by atoms with Gasteiger partial charge >= 0.3 is 6.09 Å². The van der Waals surface area contributed by atoms with Gasteiger partial charge in [0.05, 0.1) is 18.3 Å². The summed E-state index contributed by atoms with van der Waals surface area (Å²) in [4.78, 5) is 34.8. The number of hydrogen-bond acceptors (Lipinski definition) is 6. The highest BCUT2D eigenvalue weighted by Gasteiger charge is 2.28. The first kappa shape index (κ1) is 20.4. The highest BCUT2D eigenvalue weighted by Crippen LogP contribution is 2.18. The average molecular weight is 453 g/mol. The van der Waals surface area contributed by atoms with Crippen LogP contribution in [0.1, 0.15) is 39.3 Å². The Morgan fingerprint density at radius 1 is 1.43 bits per heavy atom. The van der Waals surface area contributed by atoms with Gasteiger partial charge in [0.15, 0.2) is 11.5 Å². The molecule has 2 amide bonds. The predicted octanol–water partition coefficient (Wildman–Crippen LogP) is 2.13. The number of nitrogens with one attached hydrogen (secondary N) is 1. The molecule has 9 nitrogen and oxygen atoms in total. The highest BCUT2D eigenvalue weighted by atomic mass is 79.9. The number of carbonyl (C=O) groups is 2. The van der Waals surface area contributed by atoms with Gasteiger partial charge in [0.25, 0.3) is 0 Å². The molecule has 1 saturated heterocycles. The number of nitrogen functional groups attached to an aromatic ring is 1. The van der Waals surface area contributed by atoms with Crippen LogP contribution in [-0.2, 0) is 16.0 Å².